The minimum absolute atomic E-state index is 0.155. The van der Waals surface area contributed by atoms with Gasteiger partial charge in [0.05, 0.1) is 17.0 Å². The molecule has 1 aromatic carbocycles. The average molecular weight is 440 g/mol. The Morgan fingerprint density at radius 1 is 1.19 bits per heavy atom. The minimum atomic E-state index is -3.55. The van der Waals surface area contributed by atoms with Crippen LogP contribution in [0.1, 0.15) is 34.6 Å². The van der Waals surface area contributed by atoms with E-state index >= 15 is 0 Å². The topological polar surface area (TPSA) is 71.4 Å². The number of sulfonamides is 1. The Morgan fingerprint density at radius 3 is 2.50 bits per heavy atom. The SMILES string of the molecule is Cc1ccc(CNC(=O)c2cc(S(=O)(=O)N3CCCC3)ccc2Br)n1C. The molecule has 1 fully saturated rings. The Bertz CT molecular complexity index is 931. The van der Waals surface area contributed by atoms with E-state index in [-0.39, 0.29) is 10.8 Å². The third-order valence-electron chi connectivity index (χ3n) is 4.79. The number of rotatable bonds is 5. The fourth-order valence-corrected chi connectivity index (χ4v) is 5.00. The molecule has 1 aromatic heterocycles. The van der Waals surface area contributed by atoms with E-state index in [1.807, 2.05) is 30.7 Å². The van der Waals surface area contributed by atoms with Crippen molar-refractivity contribution in [2.24, 2.45) is 7.05 Å². The second-order valence-electron chi connectivity index (χ2n) is 6.46. The van der Waals surface area contributed by atoms with Gasteiger partial charge in [0, 0.05) is 36.0 Å². The number of amides is 1. The number of carbonyl (C=O) groups excluding carboxylic acids is 1. The number of nitrogens with one attached hydrogen (secondary N) is 1. The average Bonchev–Trinajstić information content (AvgIpc) is 3.25. The number of aromatic nitrogens is 1. The van der Waals surface area contributed by atoms with Gasteiger partial charge in [-0.3, -0.25) is 4.79 Å². The summed E-state index contributed by atoms with van der Waals surface area (Å²) in [6.45, 7) is 3.44. The highest BCUT2D eigenvalue weighted by atomic mass is 79.9. The zero-order valence-electron chi connectivity index (χ0n) is 14.8. The van der Waals surface area contributed by atoms with Crippen molar-refractivity contribution in [3.8, 4) is 0 Å². The fraction of sp³-hybridized carbons (Fsp3) is 0.389. The summed E-state index contributed by atoms with van der Waals surface area (Å²) in [5, 5.41) is 2.86. The van der Waals surface area contributed by atoms with E-state index in [0.717, 1.165) is 24.2 Å². The molecule has 0 saturated carbocycles. The van der Waals surface area contributed by atoms with Gasteiger partial charge in [-0.05, 0) is 66.0 Å². The molecular weight excluding hydrogens is 418 g/mol. The summed E-state index contributed by atoms with van der Waals surface area (Å²) in [6, 6.07) is 8.54. The summed E-state index contributed by atoms with van der Waals surface area (Å²) in [5.41, 5.74) is 2.40. The van der Waals surface area contributed by atoms with Gasteiger partial charge < -0.3 is 9.88 Å². The molecule has 0 unspecified atom stereocenters. The summed E-state index contributed by atoms with van der Waals surface area (Å²) >= 11 is 3.35. The van der Waals surface area contributed by atoms with Gasteiger partial charge in [-0.1, -0.05) is 0 Å². The third kappa shape index (κ3) is 3.72. The molecule has 26 heavy (non-hydrogen) atoms. The first-order valence-corrected chi connectivity index (χ1v) is 10.7. The van der Waals surface area contributed by atoms with Gasteiger partial charge in [0.1, 0.15) is 0 Å². The van der Waals surface area contributed by atoms with E-state index in [4.69, 9.17) is 0 Å². The lowest BCUT2D eigenvalue weighted by Gasteiger charge is -2.16. The first-order valence-electron chi connectivity index (χ1n) is 8.50. The molecule has 1 N–H and O–H groups in total. The normalized spacial score (nSPS) is 15.3. The maximum Gasteiger partial charge on any atom is 0.252 e. The van der Waals surface area contributed by atoms with Crippen molar-refractivity contribution in [2.75, 3.05) is 13.1 Å². The molecule has 3 rings (SSSR count). The zero-order valence-corrected chi connectivity index (χ0v) is 17.2. The van der Waals surface area contributed by atoms with Gasteiger partial charge in [0.15, 0.2) is 0 Å². The fourth-order valence-electron chi connectivity index (χ4n) is 3.03. The number of aryl methyl sites for hydroxylation is 1. The number of halogens is 1. The quantitative estimate of drug-likeness (QED) is 0.778. The molecule has 6 nitrogen and oxygen atoms in total. The molecule has 0 radical (unpaired) electrons. The molecule has 8 heteroatoms. The molecule has 140 valence electrons. The molecule has 0 bridgehead atoms. The Hall–Kier alpha value is -1.64. The van der Waals surface area contributed by atoms with Crippen molar-refractivity contribution in [3.05, 3.63) is 51.8 Å². The van der Waals surface area contributed by atoms with Crippen LogP contribution < -0.4 is 5.32 Å². The number of carbonyl (C=O) groups is 1. The van der Waals surface area contributed by atoms with Gasteiger partial charge in [-0.2, -0.15) is 4.31 Å². The first-order chi connectivity index (χ1) is 12.3. The molecule has 2 aromatic rings. The van der Waals surface area contributed by atoms with Gasteiger partial charge >= 0.3 is 0 Å². The molecule has 0 spiro atoms. The van der Waals surface area contributed by atoms with Crippen molar-refractivity contribution in [1.82, 2.24) is 14.2 Å². The molecule has 0 aliphatic carbocycles. The van der Waals surface area contributed by atoms with Crippen LogP contribution in [0.25, 0.3) is 0 Å². The van der Waals surface area contributed by atoms with Crippen LogP contribution in [0, 0.1) is 6.92 Å². The lowest BCUT2D eigenvalue weighted by molar-refractivity contribution is 0.0949. The van der Waals surface area contributed by atoms with E-state index in [9.17, 15) is 13.2 Å². The van der Waals surface area contributed by atoms with Gasteiger partial charge in [0.2, 0.25) is 10.0 Å². The minimum Gasteiger partial charge on any atom is -0.350 e. The molecule has 1 aliphatic heterocycles. The van der Waals surface area contributed by atoms with Crippen molar-refractivity contribution in [3.63, 3.8) is 0 Å². The van der Waals surface area contributed by atoms with Crippen molar-refractivity contribution in [1.29, 1.82) is 0 Å². The van der Waals surface area contributed by atoms with E-state index in [1.54, 1.807) is 6.07 Å². The largest absolute Gasteiger partial charge is 0.350 e. The maximum absolute atomic E-state index is 12.7. The highest BCUT2D eigenvalue weighted by Gasteiger charge is 2.28. The van der Waals surface area contributed by atoms with Crippen molar-refractivity contribution < 1.29 is 13.2 Å². The molecule has 1 saturated heterocycles. The lowest BCUT2D eigenvalue weighted by atomic mass is 10.2. The number of nitrogens with zero attached hydrogens (tertiary/aromatic N) is 2. The van der Waals surface area contributed by atoms with E-state index in [0.29, 0.717) is 29.7 Å². The van der Waals surface area contributed by atoms with Gasteiger partial charge in [0.25, 0.3) is 5.91 Å². The Labute approximate surface area is 162 Å². The van der Waals surface area contributed by atoms with Crippen LogP contribution >= 0.6 is 15.9 Å². The van der Waals surface area contributed by atoms with Crippen LogP contribution in [-0.4, -0.2) is 36.3 Å². The monoisotopic (exact) mass is 439 g/mol. The summed E-state index contributed by atoms with van der Waals surface area (Å²) < 4.78 is 29.5. The molecule has 1 aliphatic rings. The lowest BCUT2D eigenvalue weighted by Crippen LogP contribution is -2.29. The van der Waals surface area contributed by atoms with Crippen molar-refractivity contribution in [2.45, 2.75) is 31.2 Å². The Balaban J connectivity index is 1.81. The Kier molecular flexibility index (Phi) is 5.55. The van der Waals surface area contributed by atoms with Gasteiger partial charge in [-0.25, -0.2) is 8.42 Å². The maximum atomic E-state index is 12.7. The van der Waals surface area contributed by atoms with Crippen LogP contribution in [0.3, 0.4) is 0 Å². The van der Waals surface area contributed by atoms with E-state index < -0.39 is 10.0 Å². The zero-order chi connectivity index (χ0) is 18.9. The van der Waals surface area contributed by atoms with Crippen LogP contribution in [0.5, 0.6) is 0 Å². The first kappa shape index (κ1) is 19.1. The standard InChI is InChI=1S/C18H22BrN3O3S/c1-13-5-6-14(21(13)2)12-20-18(23)16-11-15(7-8-17(16)19)26(24,25)22-9-3-4-10-22/h5-8,11H,3-4,9-10,12H2,1-2H3,(H,20,23). The second kappa shape index (κ2) is 7.54. The summed E-state index contributed by atoms with van der Waals surface area (Å²) in [4.78, 5) is 12.8. The summed E-state index contributed by atoms with van der Waals surface area (Å²) in [6.07, 6.45) is 1.75. The second-order valence-corrected chi connectivity index (χ2v) is 9.25. The van der Waals surface area contributed by atoms with E-state index in [1.165, 1.54) is 16.4 Å². The highest BCUT2D eigenvalue weighted by molar-refractivity contribution is 9.10. The van der Waals surface area contributed by atoms with Gasteiger partial charge in [-0.15, -0.1) is 0 Å². The molecule has 0 atom stereocenters. The number of benzene rings is 1. The summed E-state index contributed by atoms with van der Waals surface area (Å²) in [7, 11) is -1.61. The molecular formula is C18H22BrN3O3S. The predicted octanol–water partition coefficient (Wildman–Crippen LogP) is 2.81. The number of hydrogen-bond donors (Lipinski definition) is 1. The summed E-state index contributed by atoms with van der Waals surface area (Å²) in [5.74, 6) is -0.311. The third-order valence-corrected chi connectivity index (χ3v) is 7.38. The van der Waals surface area contributed by atoms with Crippen LogP contribution in [0.15, 0.2) is 39.7 Å². The smallest absolute Gasteiger partial charge is 0.252 e. The van der Waals surface area contributed by atoms with Crippen molar-refractivity contribution >= 4 is 31.9 Å². The van der Waals surface area contributed by atoms with Crippen LogP contribution in [0.4, 0.5) is 0 Å². The van der Waals surface area contributed by atoms with E-state index in [2.05, 4.69) is 21.2 Å². The Morgan fingerprint density at radius 2 is 1.88 bits per heavy atom. The number of hydrogen-bond acceptors (Lipinski definition) is 3. The predicted molar refractivity (Wildman–Crippen MR) is 103 cm³/mol. The molecule has 1 amide bonds. The highest BCUT2D eigenvalue weighted by Crippen LogP contribution is 2.25. The van der Waals surface area contributed by atoms with Crippen LogP contribution in [0.2, 0.25) is 0 Å². The molecule has 2 heterocycles. The van der Waals surface area contributed by atoms with Crippen LogP contribution in [-0.2, 0) is 23.6 Å².